The number of hydrogen-bond acceptors (Lipinski definition) is 3. The molecule has 0 aliphatic carbocycles. The van der Waals surface area contributed by atoms with Crippen LogP contribution in [0, 0.1) is 0 Å². The fraction of sp³-hybridized carbons (Fsp3) is 0. The average molecular weight is 310 g/mol. The zero-order chi connectivity index (χ0) is 7.84. The van der Waals surface area contributed by atoms with Gasteiger partial charge in [-0.1, -0.05) is 27.3 Å². The van der Waals surface area contributed by atoms with Crippen LogP contribution in [0.5, 0.6) is 0 Å². The van der Waals surface area contributed by atoms with Crippen LogP contribution in [0.3, 0.4) is 0 Å². The van der Waals surface area contributed by atoms with Gasteiger partial charge in [0.15, 0.2) is 5.13 Å². The molecule has 0 radical (unpaired) electrons. The fourth-order valence-corrected chi connectivity index (χ4v) is 1.98. The Balaban J connectivity index is 0.000000720. The van der Waals surface area contributed by atoms with Gasteiger partial charge in [0.1, 0.15) is 0 Å². The van der Waals surface area contributed by atoms with Crippen molar-refractivity contribution in [2.75, 3.05) is 5.73 Å². The monoisotopic (exact) mass is 308 g/mol. The molecule has 1 aromatic heterocycles. The highest BCUT2D eigenvalue weighted by Crippen LogP contribution is 2.25. The van der Waals surface area contributed by atoms with Gasteiger partial charge in [-0.05, 0) is 18.2 Å². The van der Waals surface area contributed by atoms with Crippen LogP contribution in [0.25, 0.3) is 10.2 Å². The molecule has 0 saturated carbocycles. The number of rotatable bonds is 0. The van der Waals surface area contributed by atoms with Crippen LogP contribution in [-0.2, 0) is 0 Å². The highest BCUT2D eigenvalue weighted by Gasteiger charge is 1.99. The first-order valence-electron chi connectivity index (χ1n) is 3.07. The zero-order valence-corrected chi connectivity index (χ0v) is 10.1. The van der Waals surface area contributed by atoms with Gasteiger partial charge in [0, 0.05) is 4.47 Å². The summed E-state index contributed by atoms with van der Waals surface area (Å²) in [6.45, 7) is 0. The lowest BCUT2D eigenvalue weighted by molar-refractivity contribution is 1.49. The van der Waals surface area contributed by atoms with Crippen molar-refractivity contribution >= 4 is 59.6 Å². The summed E-state index contributed by atoms with van der Waals surface area (Å²) in [5, 5.41) is 0.623. The molecule has 0 unspecified atom stereocenters. The van der Waals surface area contributed by atoms with Gasteiger partial charge in [-0.3, -0.25) is 0 Å². The SMILES string of the molecule is Br.Nc1nc2cc(Br)ccc2s1. The molecule has 2 N–H and O–H groups in total. The van der Waals surface area contributed by atoms with Crippen LogP contribution in [0.4, 0.5) is 5.13 Å². The van der Waals surface area contributed by atoms with Crippen molar-refractivity contribution in [2.45, 2.75) is 0 Å². The van der Waals surface area contributed by atoms with E-state index in [0.29, 0.717) is 5.13 Å². The average Bonchev–Trinajstić information content (AvgIpc) is 2.27. The van der Waals surface area contributed by atoms with Gasteiger partial charge < -0.3 is 5.73 Å². The van der Waals surface area contributed by atoms with E-state index in [1.165, 1.54) is 11.3 Å². The highest BCUT2D eigenvalue weighted by atomic mass is 79.9. The van der Waals surface area contributed by atoms with E-state index in [1.54, 1.807) is 0 Å². The van der Waals surface area contributed by atoms with Crippen molar-refractivity contribution in [3.8, 4) is 0 Å². The molecule has 1 heterocycles. The Morgan fingerprint density at radius 2 is 2.17 bits per heavy atom. The summed E-state index contributed by atoms with van der Waals surface area (Å²) in [5.74, 6) is 0. The van der Waals surface area contributed by atoms with E-state index in [0.717, 1.165) is 14.7 Å². The van der Waals surface area contributed by atoms with Crippen molar-refractivity contribution in [3.63, 3.8) is 0 Å². The van der Waals surface area contributed by atoms with Gasteiger partial charge in [0.25, 0.3) is 0 Å². The molecule has 2 rings (SSSR count). The van der Waals surface area contributed by atoms with Crippen LogP contribution in [0.1, 0.15) is 0 Å². The molecule has 0 aliphatic heterocycles. The number of halogens is 2. The van der Waals surface area contributed by atoms with E-state index in [1.807, 2.05) is 18.2 Å². The Bertz CT molecular complexity index is 399. The number of nitrogen functional groups attached to an aromatic ring is 1. The molecule has 64 valence electrons. The first-order chi connectivity index (χ1) is 5.25. The Morgan fingerprint density at radius 1 is 1.42 bits per heavy atom. The van der Waals surface area contributed by atoms with E-state index in [-0.39, 0.29) is 17.0 Å². The number of thiazole rings is 1. The number of benzene rings is 1. The Kier molecular flexibility index (Phi) is 3.09. The summed E-state index contributed by atoms with van der Waals surface area (Å²) in [5.41, 5.74) is 6.49. The normalized spacial score (nSPS) is 9.75. The minimum absolute atomic E-state index is 0. The molecule has 2 nitrogen and oxygen atoms in total. The third-order valence-electron chi connectivity index (χ3n) is 1.37. The van der Waals surface area contributed by atoms with Crippen molar-refractivity contribution in [3.05, 3.63) is 22.7 Å². The Labute approximate surface area is 92.7 Å². The standard InChI is InChI=1S/C7H5BrN2S.BrH/c8-4-1-2-6-5(3-4)10-7(9)11-6;/h1-3H,(H2,9,10);1H. The number of nitrogens with two attached hydrogens (primary N) is 1. The van der Waals surface area contributed by atoms with Gasteiger partial charge >= 0.3 is 0 Å². The van der Waals surface area contributed by atoms with E-state index in [4.69, 9.17) is 5.73 Å². The molecular weight excluding hydrogens is 304 g/mol. The summed E-state index contributed by atoms with van der Waals surface area (Å²) in [6, 6.07) is 5.95. The van der Waals surface area contributed by atoms with E-state index < -0.39 is 0 Å². The minimum Gasteiger partial charge on any atom is -0.375 e. The second kappa shape index (κ2) is 3.72. The van der Waals surface area contributed by atoms with Gasteiger partial charge in [-0.2, -0.15) is 0 Å². The van der Waals surface area contributed by atoms with E-state index in [2.05, 4.69) is 20.9 Å². The van der Waals surface area contributed by atoms with Crippen LogP contribution in [0.15, 0.2) is 22.7 Å². The van der Waals surface area contributed by atoms with Crippen LogP contribution < -0.4 is 5.73 Å². The van der Waals surface area contributed by atoms with Crippen molar-refractivity contribution < 1.29 is 0 Å². The van der Waals surface area contributed by atoms with E-state index in [9.17, 15) is 0 Å². The lowest BCUT2D eigenvalue weighted by Gasteiger charge is -1.86. The number of anilines is 1. The maximum absolute atomic E-state index is 5.53. The summed E-state index contributed by atoms with van der Waals surface area (Å²) in [6.07, 6.45) is 0. The smallest absolute Gasteiger partial charge is 0.181 e. The molecule has 0 atom stereocenters. The number of aromatic nitrogens is 1. The lowest BCUT2D eigenvalue weighted by Crippen LogP contribution is -1.78. The topological polar surface area (TPSA) is 38.9 Å². The van der Waals surface area contributed by atoms with Crippen LogP contribution >= 0.6 is 44.2 Å². The molecule has 1 aromatic carbocycles. The summed E-state index contributed by atoms with van der Waals surface area (Å²) in [7, 11) is 0. The van der Waals surface area contributed by atoms with Gasteiger partial charge in [0.2, 0.25) is 0 Å². The molecule has 0 saturated heterocycles. The Hall–Kier alpha value is -0.130. The van der Waals surface area contributed by atoms with Crippen molar-refractivity contribution in [1.29, 1.82) is 0 Å². The molecule has 5 heteroatoms. The molecule has 0 amide bonds. The van der Waals surface area contributed by atoms with Crippen LogP contribution in [0.2, 0.25) is 0 Å². The predicted octanol–water partition coefficient (Wildman–Crippen LogP) is 3.22. The maximum Gasteiger partial charge on any atom is 0.181 e. The maximum atomic E-state index is 5.53. The Morgan fingerprint density at radius 3 is 2.92 bits per heavy atom. The molecule has 12 heavy (non-hydrogen) atoms. The number of nitrogens with zero attached hydrogens (tertiary/aromatic N) is 1. The molecule has 0 fully saturated rings. The fourth-order valence-electron chi connectivity index (χ4n) is 0.918. The molecular formula is C7H6Br2N2S. The van der Waals surface area contributed by atoms with Crippen LogP contribution in [-0.4, -0.2) is 4.98 Å². The quantitative estimate of drug-likeness (QED) is 0.811. The predicted molar refractivity (Wildman–Crippen MR) is 62.1 cm³/mol. The molecule has 0 spiro atoms. The minimum atomic E-state index is 0. The zero-order valence-electron chi connectivity index (χ0n) is 5.95. The number of fused-ring (bicyclic) bond motifs is 1. The summed E-state index contributed by atoms with van der Waals surface area (Å²) >= 11 is 4.87. The largest absolute Gasteiger partial charge is 0.375 e. The third kappa shape index (κ3) is 1.78. The number of hydrogen-bond donors (Lipinski definition) is 1. The highest BCUT2D eigenvalue weighted by molar-refractivity contribution is 9.10. The summed E-state index contributed by atoms with van der Waals surface area (Å²) in [4.78, 5) is 4.14. The van der Waals surface area contributed by atoms with Gasteiger partial charge in [0.05, 0.1) is 10.2 Å². The second-order valence-corrected chi connectivity index (χ2v) is 4.14. The first-order valence-corrected chi connectivity index (χ1v) is 4.68. The van der Waals surface area contributed by atoms with E-state index >= 15 is 0 Å². The third-order valence-corrected chi connectivity index (χ3v) is 2.72. The first kappa shape index (κ1) is 9.95. The van der Waals surface area contributed by atoms with Gasteiger partial charge in [-0.25, -0.2) is 4.98 Å². The molecule has 0 bridgehead atoms. The lowest BCUT2D eigenvalue weighted by atomic mass is 10.3. The molecule has 2 aromatic rings. The second-order valence-electron chi connectivity index (χ2n) is 2.16. The van der Waals surface area contributed by atoms with Crippen molar-refractivity contribution in [1.82, 2.24) is 4.98 Å². The van der Waals surface area contributed by atoms with Crippen molar-refractivity contribution in [2.24, 2.45) is 0 Å². The molecule has 0 aliphatic rings. The summed E-state index contributed by atoms with van der Waals surface area (Å²) < 4.78 is 2.17. The van der Waals surface area contributed by atoms with Gasteiger partial charge in [-0.15, -0.1) is 17.0 Å².